The Kier molecular flexibility index (Phi) is 5.99. The number of hydrogen-bond acceptors (Lipinski definition) is 6. The second-order valence-electron chi connectivity index (χ2n) is 9.20. The molecule has 2 aromatic heterocycles. The average molecular weight is 518 g/mol. The first-order valence-corrected chi connectivity index (χ1v) is 13.7. The van der Waals surface area contributed by atoms with Crippen molar-refractivity contribution in [1.82, 2.24) is 13.6 Å². The smallest absolute Gasteiger partial charge is 0.341 e. The standard InChI is InChI=1S/C24H27N3O6S2/c1-26(2)35(31,32)25-18-5-4-6-19-16(18)11-20(34-19)14-9-10-15-21(23(14)33-3)27(13-7-8-13)12-17(22(15)28)24(29)30/h9-13,18,25H,4-8H2,1-3H3,(H,29,30). The number of ether oxygens (including phenoxy) is 1. The Morgan fingerprint density at radius 1 is 1.26 bits per heavy atom. The van der Waals surface area contributed by atoms with Crippen LogP contribution in [0.15, 0.2) is 29.2 Å². The number of carboxylic acid groups (broad SMARTS) is 1. The summed E-state index contributed by atoms with van der Waals surface area (Å²) in [6.07, 6.45) is 5.70. The molecular formula is C24H27N3O6S2. The van der Waals surface area contributed by atoms with Gasteiger partial charge in [-0.15, -0.1) is 11.3 Å². The van der Waals surface area contributed by atoms with E-state index in [1.54, 1.807) is 30.6 Å². The molecule has 1 unspecified atom stereocenters. The Morgan fingerprint density at radius 2 is 2.00 bits per heavy atom. The largest absolute Gasteiger partial charge is 0.494 e. The van der Waals surface area contributed by atoms with Crippen molar-refractivity contribution < 1.29 is 23.1 Å². The second kappa shape index (κ2) is 8.74. The predicted molar refractivity (Wildman–Crippen MR) is 135 cm³/mol. The van der Waals surface area contributed by atoms with E-state index in [4.69, 9.17) is 4.74 Å². The molecule has 2 heterocycles. The van der Waals surface area contributed by atoms with Gasteiger partial charge in [-0.3, -0.25) is 4.79 Å². The Bertz CT molecular complexity index is 1500. The third-order valence-corrected chi connectivity index (χ3v) is 9.46. The van der Waals surface area contributed by atoms with Crippen molar-refractivity contribution in [3.63, 3.8) is 0 Å². The minimum Gasteiger partial charge on any atom is -0.494 e. The van der Waals surface area contributed by atoms with Gasteiger partial charge in [-0.25, -0.2) is 4.79 Å². The molecule has 1 aromatic carbocycles. The number of aryl methyl sites for hydroxylation is 1. The maximum absolute atomic E-state index is 13.0. The van der Waals surface area contributed by atoms with Crippen LogP contribution in [0.2, 0.25) is 0 Å². The van der Waals surface area contributed by atoms with Gasteiger partial charge in [0.25, 0.3) is 10.2 Å². The van der Waals surface area contributed by atoms with Gasteiger partial charge < -0.3 is 14.4 Å². The molecule has 1 fully saturated rings. The molecule has 0 amide bonds. The quantitative estimate of drug-likeness (QED) is 0.495. The van der Waals surface area contributed by atoms with Crippen molar-refractivity contribution >= 4 is 38.4 Å². The third kappa shape index (κ3) is 4.16. The number of nitrogens with one attached hydrogen (secondary N) is 1. The van der Waals surface area contributed by atoms with Crippen LogP contribution in [0, 0.1) is 0 Å². The zero-order chi connectivity index (χ0) is 25.1. The molecular weight excluding hydrogens is 490 g/mol. The van der Waals surface area contributed by atoms with E-state index in [9.17, 15) is 23.1 Å². The van der Waals surface area contributed by atoms with Crippen molar-refractivity contribution in [3.8, 4) is 16.2 Å². The first kappa shape index (κ1) is 24.0. The van der Waals surface area contributed by atoms with Crippen LogP contribution in [0.5, 0.6) is 5.75 Å². The molecule has 3 aromatic rings. The number of aromatic nitrogens is 1. The first-order valence-electron chi connectivity index (χ1n) is 11.4. The Hall–Kier alpha value is -2.73. The summed E-state index contributed by atoms with van der Waals surface area (Å²) in [7, 11) is 0.964. The van der Waals surface area contributed by atoms with Crippen LogP contribution >= 0.6 is 11.3 Å². The molecule has 2 N–H and O–H groups in total. The minimum atomic E-state index is -3.58. The summed E-state index contributed by atoms with van der Waals surface area (Å²) in [5.74, 6) is -0.723. The fourth-order valence-corrected chi connectivity index (χ4v) is 6.81. The molecule has 1 atom stereocenters. The van der Waals surface area contributed by atoms with Gasteiger partial charge in [0.2, 0.25) is 5.43 Å². The highest BCUT2D eigenvalue weighted by Crippen LogP contribution is 2.46. The lowest BCUT2D eigenvalue weighted by molar-refractivity contribution is 0.0694. The normalized spacial score (nSPS) is 18.1. The number of carboxylic acids is 1. The van der Waals surface area contributed by atoms with Crippen LogP contribution < -0.4 is 14.9 Å². The van der Waals surface area contributed by atoms with E-state index in [0.29, 0.717) is 23.1 Å². The SMILES string of the molecule is COc1c(-c2cc3c(s2)CCCC3NS(=O)(=O)N(C)C)ccc2c(=O)c(C(=O)O)cn(C3CC3)c12. The zero-order valence-corrected chi connectivity index (χ0v) is 21.3. The van der Waals surface area contributed by atoms with Gasteiger partial charge in [-0.2, -0.15) is 17.4 Å². The molecule has 2 aliphatic rings. The van der Waals surface area contributed by atoms with Gasteiger partial charge in [0.05, 0.1) is 18.0 Å². The third-order valence-electron chi connectivity index (χ3n) is 6.67. The fraction of sp³-hybridized carbons (Fsp3) is 0.417. The summed E-state index contributed by atoms with van der Waals surface area (Å²) < 4.78 is 36.6. The number of benzene rings is 1. The summed E-state index contributed by atoms with van der Waals surface area (Å²) in [6, 6.07) is 5.29. The Labute approximate surface area is 207 Å². The maximum atomic E-state index is 13.0. The molecule has 0 spiro atoms. The number of aromatic carboxylic acids is 1. The fourth-order valence-electron chi connectivity index (χ4n) is 4.71. The highest BCUT2D eigenvalue weighted by atomic mass is 32.2. The highest BCUT2D eigenvalue weighted by molar-refractivity contribution is 7.87. The molecule has 11 heteroatoms. The monoisotopic (exact) mass is 517 g/mol. The van der Waals surface area contributed by atoms with Crippen molar-refractivity contribution in [2.75, 3.05) is 21.2 Å². The molecule has 0 aliphatic heterocycles. The summed E-state index contributed by atoms with van der Waals surface area (Å²) >= 11 is 1.60. The van der Waals surface area contributed by atoms with Gasteiger partial charge in [0.15, 0.2) is 5.75 Å². The minimum absolute atomic E-state index is 0.127. The molecule has 2 aliphatic carbocycles. The van der Waals surface area contributed by atoms with Crippen LogP contribution in [0.4, 0.5) is 0 Å². The van der Waals surface area contributed by atoms with E-state index in [0.717, 1.165) is 46.6 Å². The van der Waals surface area contributed by atoms with E-state index in [1.165, 1.54) is 24.6 Å². The lowest BCUT2D eigenvalue weighted by atomic mass is 9.94. The molecule has 1 saturated carbocycles. The topological polar surface area (TPSA) is 118 Å². The van der Waals surface area contributed by atoms with Gasteiger partial charge in [-0.05, 0) is 55.9 Å². The lowest BCUT2D eigenvalue weighted by Gasteiger charge is -2.25. The van der Waals surface area contributed by atoms with Gasteiger partial charge in [0, 0.05) is 47.7 Å². The van der Waals surface area contributed by atoms with Gasteiger partial charge in [0.1, 0.15) is 5.56 Å². The van der Waals surface area contributed by atoms with E-state index >= 15 is 0 Å². The van der Waals surface area contributed by atoms with Gasteiger partial charge >= 0.3 is 5.97 Å². The average Bonchev–Trinajstić information content (AvgIpc) is 3.56. The number of fused-ring (bicyclic) bond motifs is 2. The van der Waals surface area contributed by atoms with Crippen molar-refractivity contribution in [3.05, 3.63) is 50.6 Å². The molecule has 5 rings (SSSR count). The van der Waals surface area contributed by atoms with Crippen LogP contribution in [-0.2, 0) is 16.6 Å². The Morgan fingerprint density at radius 3 is 2.63 bits per heavy atom. The number of thiophene rings is 1. The lowest BCUT2D eigenvalue weighted by Crippen LogP contribution is -2.38. The van der Waals surface area contributed by atoms with E-state index in [1.807, 2.05) is 10.6 Å². The number of pyridine rings is 1. The molecule has 0 saturated heterocycles. The number of carbonyl (C=O) groups is 1. The van der Waals surface area contributed by atoms with E-state index in [-0.39, 0.29) is 17.6 Å². The number of methoxy groups -OCH3 is 1. The molecule has 0 bridgehead atoms. The van der Waals surface area contributed by atoms with Crippen LogP contribution in [0.1, 0.15) is 58.6 Å². The molecule has 186 valence electrons. The summed E-state index contributed by atoms with van der Waals surface area (Å²) in [5.41, 5.74) is 1.58. The van der Waals surface area contributed by atoms with E-state index in [2.05, 4.69) is 4.72 Å². The van der Waals surface area contributed by atoms with Crippen molar-refractivity contribution in [2.45, 2.75) is 44.2 Å². The van der Waals surface area contributed by atoms with Crippen LogP contribution in [0.25, 0.3) is 21.3 Å². The van der Waals surface area contributed by atoms with Crippen LogP contribution in [-0.4, -0.2) is 49.6 Å². The maximum Gasteiger partial charge on any atom is 0.341 e. The summed E-state index contributed by atoms with van der Waals surface area (Å²) in [5, 5.41) is 9.86. The first-order chi connectivity index (χ1) is 16.6. The van der Waals surface area contributed by atoms with Crippen molar-refractivity contribution in [1.29, 1.82) is 0 Å². The summed E-state index contributed by atoms with van der Waals surface area (Å²) in [6.45, 7) is 0. The second-order valence-corrected chi connectivity index (χ2v) is 12.3. The molecule has 9 nitrogen and oxygen atoms in total. The number of nitrogens with zero attached hydrogens (tertiary/aromatic N) is 2. The van der Waals surface area contributed by atoms with Crippen LogP contribution in [0.3, 0.4) is 0 Å². The molecule has 35 heavy (non-hydrogen) atoms. The summed E-state index contributed by atoms with van der Waals surface area (Å²) in [4.78, 5) is 26.7. The number of hydrogen-bond donors (Lipinski definition) is 2. The van der Waals surface area contributed by atoms with Crippen molar-refractivity contribution in [2.24, 2.45) is 0 Å². The molecule has 0 radical (unpaired) electrons. The Balaban J connectivity index is 1.66. The highest BCUT2D eigenvalue weighted by Gasteiger charge is 2.31. The number of rotatable bonds is 7. The predicted octanol–water partition coefficient (Wildman–Crippen LogP) is 3.55. The van der Waals surface area contributed by atoms with E-state index < -0.39 is 21.6 Å². The zero-order valence-electron chi connectivity index (χ0n) is 19.7. The van der Waals surface area contributed by atoms with Gasteiger partial charge in [-0.1, -0.05) is 0 Å².